The topological polar surface area (TPSA) is 66.4 Å². The average Bonchev–Trinajstić information content (AvgIpc) is 2.35. The summed E-state index contributed by atoms with van der Waals surface area (Å²) >= 11 is 2.14. The summed E-state index contributed by atoms with van der Waals surface area (Å²) < 4.78 is 0.898. The fourth-order valence-corrected chi connectivity index (χ4v) is 2.72. The number of amides is 1. The first-order valence-electron chi connectivity index (χ1n) is 6.88. The van der Waals surface area contributed by atoms with E-state index < -0.39 is 11.9 Å². The normalized spacial score (nSPS) is 12.8. The lowest BCUT2D eigenvalue weighted by Crippen LogP contribution is -2.35. The number of benzene rings is 1. The number of nitrogens with one attached hydrogen (secondary N) is 1. The van der Waals surface area contributed by atoms with Crippen LogP contribution in [0.4, 0.5) is 0 Å². The Morgan fingerprint density at radius 1 is 1.33 bits per heavy atom. The maximum absolute atomic E-state index is 12.2. The maximum Gasteiger partial charge on any atom is 0.308 e. The Hall–Kier alpha value is -1.11. The largest absolute Gasteiger partial charge is 0.481 e. The van der Waals surface area contributed by atoms with Crippen LogP contribution in [0.5, 0.6) is 0 Å². The molecule has 1 aromatic rings. The summed E-state index contributed by atoms with van der Waals surface area (Å²) in [6, 6.07) is 5.53. The molecule has 21 heavy (non-hydrogen) atoms. The van der Waals surface area contributed by atoms with Gasteiger partial charge < -0.3 is 10.4 Å². The van der Waals surface area contributed by atoms with Crippen molar-refractivity contribution in [2.45, 2.75) is 34.1 Å². The molecule has 0 saturated heterocycles. The van der Waals surface area contributed by atoms with Crippen LogP contribution in [0.15, 0.2) is 18.2 Å². The molecule has 0 aliphatic heterocycles. The lowest BCUT2D eigenvalue weighted by molar-refractivity contribution is -0.142. The molecule has 2 N–H and O–H groups in total. The zero-order chi connectivity index (χ0) is 16.2. The summed E-state index contributed by atoms with van der Waals surface area (Å²) in [6.07, 6.45) is 0.521. The number of carboxylic acid groups (broad SMARTS) is 1. The van der Waals surface area contributed by atoms with Crippen molar-refractivity contribution in [3.05, 3.63) is 32.9 Å². The smallest absolute Gasteiger partial charge is 0.308 e. The number of aliphatic carboxylic acids is 1. The summed E-state index contributed by atoms with van der Waals surface area (Å²) in [6.45, 7) is 8.07. The van der Waals surface area contributed by atoms with Crippen LogP contribution in [-0.2, 0) is 4.79 Å². The molecule has 0 heterocycles. The molecule has 1 rings (SSSR count). The summed E-state index contributed by atoms with van der Waals surface area (Å²) in [7, 11) is 0. The number of carboxylic acids is 1. The SMILES string of the molecule is Cc1cccc(C(=O)NCC(CC(C)(C)C)C(=O)O)c1I. The van der Waals surface area contributed by atoms with E-state index in [-0.39, 0.29) is 17.9 Å². The van der Waals surface area contributed by atoms with Crippen LogP contribution in [0.2, 0.25) is 0 Å². The number of rotatable bonds is 5. The van der Waals surface area contributed by atoms with Crippen LogP contribution in [0.1, 0.15) is 43.1 Å². The molecule has 1 aromatic carbocycles. The second-order valence-electron chi connectivity index (χ2n) is 6.45. The lowest BCUT2D eigenvalue weighted by atomic mass is 9.84. The minimum atomic E-state index is -0.871. The Morgan fingerprint density at radius 3 is 2.48 bits per heavy atom. The number of halogens is 1. The molecular formula is C16H22INO3. The number of carbonyl (C=O) groups is 2. The zero-order valence-electron chi connectivity index (χ0n) is 12.9. The summed E-state index contributed by atoms with van der Waals surface area (Å²) in [5.74, 6) is -1.66. The predicted molar refractivity (Wildman–Crippen MR) is 91.4 cm³/mol. The van der Waals surface area contributed by atoms with Gasteiger partial charge in [-0.2, -0.15) is 0 Å². The number of hydrogen-bond donors (Lipinski definition) is 2. The second-order valence-corrected chi connectivity index (χ2v) is 7.53. The van der Waals surface area contributed by atoms with Crippen LogP contribution in [0, 0.1) is 21.8 Å². The van der Waals surface area contributed by atoms with Gasteiger partial charge in [0.15, 0.2) is 0 Å². The Kier molecular flexibility index (Phi) is 6.19. The van der Waals surface area contributed by atoms with Gasteiger partial charge in [-0.1, -0.05) is 32.9 Å². The Balaban J connectivity index is 2.74. The number of hydrogen-bond acceptors (Lipinski definition) is 2. The molecule has 0 fully saturated rings. The van der Waals surface area contributed by atoms with Crippen molar-refractivity contribution in [1.82, 2.24) is 5.32 Å². The Labute approximate surface area is 139 Å². The van der Waals surface area contributed by atoms with E-state index in [2.05, 4.69) is 27.9 Å². The summed E-state index contributed by atoms with van der Waals surface area (Å²) in [4.78, 5) is 23.5. The van der Waals surface area contributed by atoms with Crippen LogP contribution < -0.4 is 5.32 Å². The van der Waals surface area contributed by atoms with Gasteiger partial charge in [0.2, 0.25) is 0 Å². The number of aryl methyl sites for hydroxylation is 1. The fourth-order valence-electron chi connectivity index (χ4n) is 2.12. The molecular weight excluding hydrogens is 381 g/mol. The Bertz CT molecular complexity index is 535. The monoisotopic (exact) mass is 403 g/mol. The summed E-state index contributed by atoms with van der Waals surface area (Å²) in [5.41, 5.74) is 1.54. The van der Waals surface area contributed by atoms with Crippen molar-refractivity contribution in [2.24, 2.45) is 11.3 Å². The fraction of sp³-hybridized carbons (Fsp3) is 0.500. The van der Waals surface area contributed by atoms with Gasteiger partial charge in [0, 0.05) is 10.1 Å². The first kappa shape index (κ1) is 17.9. The van der Waals surface area contributed by atoms with Crippen molar-refractivity contribution in [3.63, 3.8) is 0 Å². The van der Waals surface area contributed by atoms with Gasteiger partial charge in [-0.25, -0.2) is 0 Å². The molecule has 0 aromatic heterocycles. The molecule has 0 bridgehead atoms. The van der Waals surface area contributed by atoms with Crippen LogP contribution >= 0.6 is 22.6 Å². The molecule has 0 saturated carbocycles. The highest BCUT2D eigenvalue weighted by atomic mass is 127. The van der Waals surface area contributed by atoms with Crippen LogP contribution in [0.3, 0.4) is 0 Å². The van der Waals surface area contributed by atoms with E-state index in [1.165, 1.54) is 0 Å². The highest BCUT2D eigenvalue weighted by Gasteiger charge is 2.25. The molecule has 1 amide bonds. The van der Waals surface area contributed by atoms with Gasteiger partial charge in [-0.15, -0.1) is 0 Å². The predicted octanol–water partition coefficient (Wildman–Crippen LogP) is 3.47. The maximum atomic E-state index is 12.2. The lowest BCUT2D eigenvalue weighted by Gasteiger charge is -2.23. The van der Waals surface area contributed by atoms with E-state index in [1.807, 2.05) is 39.8 Å². The second kappa shape index (κ2) is 7.24. The zero-order valence-corrected chi connectivity index (χ0v) is 15.0. The average molecular weight is 403 g/mol. The molecule has 1 unspecified atom stereocenters. The van der Waals surface area contributed by atoms with Gasteiger partial charge in [0.1, 0.15) is 0 Å². The molecule has 116 valence electrons. The quantitative estimate of drug-likeness (QED) is 0.740. The van der Waals surface area contributed by atoms with Crippen molar-refractivity contribution in [1.29, 1.82) is 0 Å². The van der Waals surface area contributed by atoms with Crippen molar-refractivity contribution in [2.75, 3.05) is 6.54 Å². The Morgan fingerprint density at radius 2 is 1.95 bits per heavy atom. The van der Waals surface area contributed by atoms with E-state index in [1.54, 1.807) is 6.07 Å². The third-order valence-electron chi connectivity index (χ3n) is 3.15. The van der Waals surface area contributed by atoms with Gasteiger partial charge >= 0.3 is 5.97 Å². The van der Waals surface area contributed by atoms with Gasteiger partial charge in [0.05, 0.1) is 11.5 Å². The minimum absolute atomic E-state index is 0.0917. The highest BCUT2D eigenvalue weighted by Crippen LogP contribution is 2.24. The molecule has 1 atom stereocenters. The van der Waals surface area contributed by atoms with E-state index in [9.17, 15) is 14.7 Å². The van der Waals surface area contributed by atoms with Gasteiger partial charge in [0.25, 0.3) is 5.91 Å². The third-order valence-corrected chi connectivity index (χ3v) is 4.59. The van der Waals surface area contributed by atoms with E-state index >= 15 is 0 Å². The van der Waals surface area contributed by atoms with Gasteiger partial charge in [-0.05, 0) is 53.0 Å². The molecule has 0 spiro atoms. The number of carbonyl (C=O) groups excluding carboxylic acids is 1. The molecule has 0 aliphatic rings. The molecule has 4 nitrogen and oxygen atoms in total. The first-order valence-corrected chi connectivity index (χ1v) is 7.96. The highest BCUT2D eigenvalue weighted by molar-refractivity contribution is 14.1. The van der Waals surface area contributed by atoms with Crippen LogP contribution in [0.25, 0.3) is 0 Å². The molecule has 0 aliphatic carbocycles. The van der Waals surface area contributed by atoms with Crippen LogP contribution in [-0.4, -0.2) is 23.5 Å². The van der Waals surface area contributed by atoms with E-state index in [0.717, 1.165) is 9.13 Å². The van der Waals surface area contributed by atoms with Crippen molar-refractivity contribution >= 4 is 34.5 Å². The van der Waals surface area contributed by atoms with E-state index in [0.29, 0.717) is 12.0 Å². The third kappa shape index (κ3) is 5.65. The standard InChI is InChI=1S/C16H22INO3/c1-10-6-5-7-12(13(10)17)14(19)18-9-11(15(20)21)8-16(2,3)4/h5-7,11H,8-9H2,1-4H3,(H,18,19)(H,20,21). The minimum Gasteiger partial charge on any atom is -0.481 e. The first-order chi connectivity index (χ1) is 9.61. The molecule has 5 heteroatoms. The van der Waals surface area contributed by atoms with Gasteiger partial charge in [-0.3, -0.25) is 9.59 Å². The van der Waals surface area contributed by atoms with E-state index in [4.69, 9.17) is 0 Å². The van der Waals surface area contributed by atoms with Crippen molar-refractivity contribution < 1.29 is 14.7 Å². The van der Waals surface area contributed by atoms with Crippen molar-refractivity contribution in [3.8, 4) is 0 Å². The molecule has 0 radical (unpaired) electrons. The summed E-state index contributed by atoms with van der Waals surface area (Å²) in [5, 5.41) is 12.0.